The van der Waals surface area contributed by atoms with Crippen LogP contribution in [0.25, 0.3) is 33.2 Å². The highest BCUT2D eigenvalue weighted by Crippen LogP contribution is 2.37. The number of nitrogens with one attached hydrogen (secondary N) is 1. The van der Waals surface area contributed by atoms with E-state index in [0.717, 1.165) is 22.3 Å². The second-order valence-electron chi connectivity index (χ2n) is 6.55. The third-order valence-electron chi connectivity index (χ3n) is 4.70. The lowest BCUT2D eigenvalue weighted by Crippen LogP contribution is -2.34. The number of hydrogen-bond donors (Lipinski definition) is 1. The molecule has 0 bridgehead atoms. The number of aromatic nitrogens is 3. The van der Waals surface area contributed by atoms with Gasteiger partial charge in [-0.15, -0.1) is 0 Å². The average Bonchev–Trinajstić information content (AvgIpc) is 2.71. The summed E-state index contributed by atoms with van der Waals surface area (Å²) in [6.07, 6.45) is 4.21. The van der Waals surface area contributed by atoms with E-state index in [1.807, 2.05) is 43.3 Å². The van der Waals surface area contributed by atoms with Gasteiger partial charge in [0.1, 0.15) is 0 Å². The Hall–Kier alpha value is -3.18. The Balaban J connectivity index is 1.95. The number of H-pyrrole nitrogens is 1. The summed E-state index contributed by atoms with van der Waals surface area (Å²) < 4.78 is 1.23. The van der Waals surface area contributed by atoms with Crippen LogP contribution in [0.1, 0.15) is 13.3 Å². The molecule has 0 atom stereocenters. The monoisotopic (exact) mass is 391 g/mol. The van der Waals surface area contributed by atoms with E-state index >= 15 is 0 Å². The van der Waals surface area contributed by atoms with Crippen molar-refractivity contribution in [3.63, 3.8) is 0 Å². The van der Waals surface area contributed by atoms with Gasteiger partial charge in [-0.3, -0.25) is 14.3 Å². The fraction of sp³-hybridized carbons (Fsp3) is 0.136. The van der Waals surface area contributed by atoms with Gasteiger partial charge < -0.3 is 4.98 Å². The number of fused-ring (bicyclic) bond motifs is 1. The van der Waals surface area contributed by atoms with Gasteiger partial charge in [-0.1, -0.05) is 42.8 Å². The molecule has 0 aliphatic heterocycles. The third-order valence-corrected chi connectivity index (χ3v) is 5.02. The van der Waals surface area contributed by atoms with E-state index in [1.165, 1.54) is 4.57 Å². The van der Waals surface area contributed by atoms with Crippen LogP contribution in [0, 0.1) is 0 Å². The first-order valence-electron chi connectivity index (χ1n) is 9.06. The highest BCUT2D eigenvalue weighted by Gasteiger charge is 2.14. The molecule has 0 amide bonds. The Morgan fingerprint density at radius 1 is 1.07 bits per heavy atom. The van der Waals surface area contributed by atoms with Gasteiger partial charge >= 0.3 is 5.69 Å². The molecule has 2 aromatic heterocycles. The minimum absolute atomic E-state index is 0.279. The number of aromatic amines is 1. The highest BCUT2D eigenvalue weighted by atomic mass is 35.5. The molecule has 0 aliphatic rings. The molecule has 0 saturated heterocycles. The quantitative estimate of drug-likeness (QED) is 0.557. The molecule has 140 valence electrons. The SMILES string of the molecule is CCCn1c(=O)[nH]c2cc(-c3c(Cl)cccc3-c3cccnc3)ccc2c1=O. The molecular formula is C22H18ClN3O2. The molecule has 0 radical (unpaired) electrons. The number of halogens is 1. The van der Waals surface area contributed by atoms with Crippen LogP contribution in [0.15, 0.2) is 70.5 Å². The molecule has 4 aromatic rings. The van der Waals surface area contributed by atoms with Crippen LogP contribution in [-0.2, 0) is 6.54 Å². The molecule has 0 fully saturated rings. The van der Waals surface area contributed by atoms with Gasteiger partial charge in [0.2, 0.25) is 0 Å². The lowest BCUT2D eigenvalue weighted by atomic mass is 9.95. The Kier molecular flexibility index (Phi) is 4.84. The van der Waals surface area contributed by atoms with Crippen LogP contribution >= 0.6 is 11.6 Å². The zero-order valence-electron chi connectivity index (χ0n) is 15.3. The maximum atomic E-state index is 12.7. The number of hydrogen-bond acceptors (Lipinski definition) is 3. The van der Waals surface area contributed by atoms with Gasteiger partial charge in [0.05, 0.1) is 10.9 Å². The van der Waals surface area contributed by atoms with Crippen LogP contribution in [-0.4, -0.2) is 14.5 Å². The van der Waals surface area contributed by atoms with Crippen LogP contribution in [0.3, 0.4) is 0 Å². The lowest BCUT2D eigenvalue weighted by molar-refractivity contribution is 0.623. The predicted molar refractivity (Wildman–Crippen MR) is 113 cm³/mol. The summed E-state index contributed by atoms with van der Waals surface area (Å²) in [5.41, 5.74) is 3.34. The first kappa shape index (κ1) is 18.2. The minimum Gasteiger partial charge on any atom is -0.307 e. The smallest absolute Gasteiger partial charge is 0.307 e. The van der Waals surface area contributed by atoms with Crippen molar-refractivity contribution >= 4 is 22.5 Å². The molecule has 2 heterocycles. The number of rotatable bonds is 4. The Bertz CT molecular complexity index is 1280. The molecule has 5 nitrogen and oxygen atoms in total. The van der Waals surface area contributed by atoms with Crippen molar-refractivity contribution in [2.24, 2.45) is 0 Å². The second kappa shape index (κ2) is 7.44. The summed E-state index contributed by atoms with van der Waals surface area (Å²) in [5.74, 6) is 0. The van der Waals surface area contributed by atoms with Crippen molar-refractivity contribution in [3.05, 3.63) is 86.8 Å². The maximum Gasteiger partial charge on any atom is 0.328 e. The van der Waals surface area contributed by atoms with E-state index in [9.17, 15) is 9.59 Å². The van der Waals surface area contributed by atoms with E-state index in [-0.39, 0.29) is 5.56 Å². The molecule has 2 aromatic carbocycles. The first-order chi connectivity index (χ1) is 13.6. The van der Waals surface area contributed by atoms with E-state index in [2.05, 4.69) is 9.97 Å². The van der Waals surface area contributed by atoms with E-state index in [4.69, 9.17) is 11.6 Å². The summed E-state index contributed by atoms with van der Waals surface area (Å²) >= 11 is 6.54. The van der Waals surface area contributed by atoms with Crippen molar-refractivity contribution in [3.8, 4) is 22.3 Å². The molecule has 1 N–H and O–H groups in total. The maximum absolute atomic E-state index is 12.7. The zero-order valence-corrected chi connectivity index (χ0v) is 16.0. The standard InChI is InChI=1S/C22H18ClN3O2/c1-2-11-26-21(27)17-9-8-14(12-19(17)25-22(26)28)20-16(6-3-7-18(20)23)15-5-4-10-24-13-15/h3-10,12-13H,2,11H2,1H3,(H,25,28). The molecular weight excluding hydrogens is 374 g/mol. The zero-order chi connectivity index (χ0) is 19.7. The van der Waals surface area contributed by atoms with E-state index in [0.29, 0.717) is 28.9 Å². The normalized spacial score (nSPS) is 11.1. The molecule has 0 unspecified atom stereocenters. The van der Waals surface area contributed by atoms with Gasteiger partial charge in [-0.25, -0.2) is 4.79 Å². The van der Waals surface area contributed by atoms with Crippen molar-refractivity contribution in [2.45, 2.75) is 19.9 Å². The van der Waals surface area contributed by atoms with Crippen LogP contribution in [0.2, 0.25) is 5.02 Å². The number of benzene rings is 2. The number of pyridine rings is 1. The van der Waals surface area contributed by atoms with Gasteiger partial charge in [0, 0.05) is 35.1 Å². The molecule has 6 heteroatoms. The van der Waals surface area contributed by atoms with Crippen molar-refractivity contribution in [1.82, 2.24) is 14.5 Å². The van der Waals surface area contributed by atoms with Crippen LogP contribution < -0.4 is 11.2 Å². The van der Waals surface area contributed by atoms with Crippen molar-refractivity contribution < 1.29 is 0 Å². The van der Waals surface area contributed by atoms with E-state index in [1.54, 1.807) is 24.5 Å². The van der Waals surface area contributed by atoms with Crippen LogP contribution in [0.5, 0.6) is 0 Å². The van der Waals surface area contributed by atoms with Gasteiger partial charge in [-0.05, 0) is 41.8 Å². The Labute approximate surface area is 166 Å². The number of nitrogens with zero attached hydrogens (tertiary/aromatic N) is 2. The van der Waals surface area contributed by atoms with E-state index < -0.39 is 5.69 Å². The second-order valence-corrected chi connectivity index (χ2v) is 6.96. The largest absolute Gasteiger partial charge is 0.328 e. The summed E-state index contributed by atoms with van der Waals surface area (Å²) in [4.78, 5) is 32.0. The summed E-state index contributed by atoms with van der Waals surface area (Å²) in [7, 11) is 0. The average molecular weight is 392 g/mol. The summed E-state index contributed by atoms with van der Waals surface area (Å²) in [6.45, 7) is 2.32. The van der Waals surface area contributed by atoms with Gasteiger partial charge in [0.15, 0.2) is 0 Å². The Morgan fingerprint density at radius 3 is 2.68 bits per heavy atom. The molecule has 4 rings (SSSR count). The minimum atomic E-state index is -0.400. The molecule has 28 heavy (non-hydrogen) atoms. The molecule has 0 aliphatic carbocycles. The molecule has 0 saturated carbocycles. The van der Waals surface area contributed by atoms with Crippen LogP contribution in [0.4, 0.5) is 0 Å². The third kappa shape index (κ3) is 3.14. The van der Waals surface area contributed by atoms with Gasteiger partial charge in [-0.2, -0.15) is 0 Å². The lowest BCUT2D eigenvalue weighted by Gasteiger charge is -2.13. The Morgan fingerprint density at radius 2 is 1.93 bits per heavy atom. The highest BCUT2D eigenvalue weighted by molar-refractivity contribution is 6.34. The van der Waals surface area contributed by atoms with Crippen molar-refractivity contribution in [1.29, 1.82) is 0 Å². The summed E-state index contributed by atoms with van der Waals surface area (Å²) in [5, 5.41) is 1.06. The predicted octanol–water partition coefficient (Wildman–Crippen LogP) is 4.48. The summed E-state index contributed by atoms with van der Waals surface area (Å²) in [6, 6.07) is 14.9. The molecule has 0 spiro atoms. The fourth-order valence-electron chi connectivity index (χ4n) is 3.42. The van der Waals surface area contributed by atoms with Crippen molar-refractivity contribution in [2.75, 3.05) is 0 Å². The topological polar surface area (TPSA) is 67.8 Å². The van der Waals surface area contributed by atoms with Gasteiger partial charge in [0.25, 0.3) is 5.56 Å². The first-order valence-corrected chi connectivity index (χ1v) is 9.44. The fourth-order valence-corrected chi connectivity index (χ4v) is 3.70.